The monoisotopic (exact) mass is 352 g/mol. The van der Waals surface area contributed by atoms with Gasteiger partial charge in [0, 0.05) is 30.7 Å². The Morgan fingerprint density at radius 3 is 2.54 bits per heavy atom. The first-order valence-corrected chi connectivity index (χ1v) is 7.78. The van der Waals surface area contributed by atoms with E-state index in [1.807, 2.05) is 0 Å². The van der Waals surface area contributed by atoms with Gasteiger partial charge < -0.3 is 19.6 Å². The number of hydrogen-bond acceptors (Lipinski definition) is 5. The third-order valence-electron chi connectivity index (χ3n) is 3.61. The summed E-state index contributed by atoms with van der Waals surface area (Å²) in [4.78, 5) is 39.9. The minimum absolute atomic E-state index is 0.134. The summed E-state index contributed by atoms with van der Waals surface area (Å²) in [6.07, 6.45) is 4.63. The van der Waals surface area contributed by atoms with Crippen LogP contribution >= 0.6 is 0 Å². The highest BCUT2D eigenvalue weighted by Crippen LogP contribution is 2.13. The number of ketones is 1. The molecule has 3 rings (SSSR count). The van der Waals surface area contributed by atoms with Crippen molar-refractivity contribution in [3.8, 4) is 0 Å². The second-order valence-electron chi connectivity index (χ2n) is 5.48. The molecule has 0 atom stereocenters. The maximum absolute atomic E-state index is 12.3. The molecule has 8 nitrogen and oxygen atoms in total. The van der Waals surface area contributed by atoms with Crippen molar-refractivity contribution in [1.29, 1.82) is 0 Å². The van der Waals surface area contributed by atoms with Gasteiger partial charge in [0.25, 0.3) is 5.91 Å². The first kappa shape index (κ1) is 17.2. The molecule has 0 unspecified atom stereocenters. The van der Waals surface area contributed by atoms with Crippen molar-refractivity contribution in [2.45, 2.75) is 0 Å². The lowest BCUT2D eigenvalue weighted by Gasteiger charge is -2.07. The van der Waals surface area contributed by atoms with Gasteiger partial charge in [-0.2, -0.15) is 0 Å². The number of carbonyl (C=O) groups is 3. The second-order valence-corrected chi connectivity index (χ2v) is 5.48. The van der Waals surface area contributed by atoms with E-state index >= 15 is 0 Å². The lowest BCUT2D eigenvalue weighted by atomic mass is 10.1. The Kier molecular flexibility index (Phi) is 4.93. The van der Waals surface area contributed by atoms with Crippen LogP contribution in [0.4, 0.5) is 5.69 Å². The van der Waals surface area contributed by atoms with E-state index in [-0.39, 0.29) is 18.1 Å². The standard InChI is InChI=1S/C18H16N4O4/c1-22-9-8-19-17(22)16(24)12-4-6-13(7-5-12)21-15(23)11-20-18(25)14-3-2-10-26-14/h2-10H,11H2,1H3,(H,20,25)(H,21,23). The first-order valence-electron chi connectivity index (χ1n) is 7.78. The van der Waals surface area contributed by atoms with Crippen LogP contribution in [0.5, 0.6) is 0 Å². The molecular weight excluding hydrogens is 336 g/mol. The van der Waals surface area contributed by atoms with Gasteiger partial charge >= 0.3 is 0 Å². The Balaban J connectivity index is 1.55. The highest BCUT2D eigenvalue weighted by molar-refractivity contribution is 6.07. The summed E-state index contributed by atoms with van der Waals surface area (Å²) in [5.74, 6) is -0.604. The molecule has 0 saturated carbocycles. The Bertz CT molecular complexity index is 927. The van der Waals surface area contributed by atoms with Gasteiger partial charge in [-0.3, -0.25) is 14.4 Å². The Hall–Kier alpha value is -3.68. The molecule has 26 heavy (non-hydrogen) atoms. The molecule has 0 fully saturated rings. The molecule has 0 radical (unpaired) electrons. The van der Waals surface area contributed by atoms with Crippen LogP contribution in [0.2, 0.25) is 0 Å². The summed E-state index contributed by atoms with van der Waals surface area (Å²) >= 11 is 0. The van der Waals surface area contributed by atoms with Crippen LogP contribution in [0.1, 0.15) is 26.7 Å². The fourth-order valence-corrected chi connectivity index (χ4v) is 2.28. The largest absolute Gasteiger partial charge is 0.459 e. The van der Waals surface area contributed by atoms with Crippen molar-refractivity contribution in [3.63, 3.8) is 0 Å². The summed E-state index contributed by atoms with van der Waals surface area (Å²) in [7, 11) is 1.74. The Morgan fingerprint density at radius 1 is 1.15 bits per heavy atom. The molecule has 2 aromatic heterocycles. The van der Waals surface area contributed by atoms with E-state index in [0.717, 1.165) is 0 Å². The summed E-state index contributed by atoms with van der Waals surface area (Å²) in [6.45, 7) is -0.201. The number of imidazole rings is 1. The number of nitrogens with zero attached hydrogens (tertiary/aromatic N) is 2. The molecule has 132 valence electrons. The number of benzene rings is 1. The number of anilines is 1. The molecular formula is C18H16N4O4. The van der Waals surface area contributed by atoms with E-state index in [1.54, 1.807) is 54.3 Å². The predicted octanol–water partition coefficient (Wildman–Crippen LogP) is 1.61. The third-order valence-corrected chi connectivity index (χ3v) is 3.61. The van der Waals surface area contributed by atoms with Crippen molar-refractivity contribution >= 4 is 23.3 Å². The molecule has 8 heteroatoms. The quantitative estimate of drug-likeness (QED) is 0.656. The smallest absolute Gasteiger partial charge is 0.287 e. The van der Waals surface area contributed by atoms with Crippen LogP contribution in [-0.4, -0.2) is 33.7 Å². The van der Waals surface area contributed by atoms with E-state index in [1.165, 1.54) is 12.3 Å². The summed E-state index contributed by atoms with van der Waals surface area (Å²) in [5.41, 5.74) is 0.974. The lowest BCUT2D eigenvalue weighted by Crippen LogP contribution is -2.32. The minimum atomic E-state index is -0.471. The number of carbonyl (C=O) groups excluding carboxylic acids is 3. The SMILES string of the molecule is Cn1ccnc1C(=O)c1ccc(NC(=O)CNC(=O)c2ccco2)cc1. The molecule has 0 saturated heterocycles. The number of hydrogen-bond donors (Lipinski definition) is 2. The van der Waals surface area contributed by atoms with E-state index in [0.29, 0.717) is 17.1 Å². The van der Waals surface area contributed by atoms with Crippen LogP contribution in [-0.2, 0) is 11.8 Å². The molecule has 2 heterocycles. The fourth-order valence-electron chi connectivity index (χ4n) is 2.28. The number of rotatable bonds is 6. The third kappa shape index (κ3) is 3.86. The van der Waals surface area contributed by atoms with Crippen molar-refractivity contribution in [3.05, 3.63) is 72.2 Å². The average molecular weight is 352 g/mol. The molecule has 0 aliphatic rings. The van der Waals surface area contributed by atoms with Gasteiger partial charge in [0.05, 0.1) is 12.8 Å². The zero-order valence-corrected chi connectivity index (χ0v) is 13.9. The highest BCUT2D eigenvalue weighted by atomic mass is 16.3. The minimum Gasteiger partial charge on any atom is -0.459 e. The Morgan fingerprint density at radius 2 is 1.92 bits per heavy atom. The van der Waals surface area contributed by atoms with E-state index in [4.69, 9.17) is 4.42 Å². The zero-order chi connectivity index (χ0) is 18.5. The van der Waals surface area contributed by atoms with Crippen molar-refractivity contribution in [1.82, 2.24) is 14.9 Å². The molecule has 0 bridgehead atoms. The molecule has 0 aliphatic heterocycles. The van der Waals surface area contributed by atoms with Crippen LogP contribution in [0.25, 0.3) is 0 Å². The zero-order valence-electron chi connectivity index (χ0n) is 13.9. The molecule has 3 aromatic rings. The number of aryl methyl sites for hydroxylation is 1. The predicted molar refractivity (Wildman–Crippen MR) is 92.8 cm³/mol. The van der Waals surface area contributed by atoms with Crippen molar-refractivity contribution < 1.29 is 18.8 Å². The van der Waals surface area contributed by atoms with Gasteiger partial charge in [0.2, 0.25) is 11.7 Å². The van der Waals surface area contributed by atoms with Gasteiger partial charge in [-0.1, -0.05) is 0 Å². The van der Waals surface area contributed by atoms with Gasteiger partial charge in [-0.05, 0) is 36.4 Å². The number of nitrogens with one attached hydrogen (secondary N) is 2. The Labute approximate surface area is 148 Å². The van der Waals surface area contributed by atoms with Gasteiger partial charge in [-0.25, -0.2) is 4.98 Å². The van der Waals surface area contributed by atoms with Gasteiger partial charge in [0.15, 0.2) is 11.6 Å². The van der Waals surface area contributed by atoms with E-state index < -0.39 is 11.8 Å². The maximum atomic E-state index is 12.3. The normalized spacial score (nSPS) is 10.3. The van der Waals surface area contributed by atoms with Gasteiger partial charge in [-0.15, -0.1) is 0 Å². The molecule has 1 aromatic carbocycles. The van der Waals surface area contributed by atoms with Gasteiger partial charge in [0.1, 0.15) is 0 Å². The van der Waals surface area contributed by atoms with E-state index in [2.05, 4.69) is 15.6 Å². The highest BCUT2D eigenvalue weighted by Gasteiger charge is 2.14. The topological polar surface area (TPSA) is 106 Å². The molecule has 2 N–H and O–H groups in total. The van der Waals surface area contributed by atoms with Crippen LogP contribution < -0.4 is 10.6 Å². The molecule has 2 amide bonds. The van der Waals surface area contributed by atoms with Crippen molar-refractivity contribution in [2.24, 2.45) is 7.05 Å². The summed E-state index contributed by atoms with van der Waals surface area (Å²) < 4.78 is 6.58. The summed E-state index contributed by atoms with van der Waals surface area (Å²) in [6, 6.07) is 9.53. The van der Waals surface area contributed by atoms with Crippen molar-refractivity contribution in [2.75, 3.05) is 11.9 Å². The number of aromatic nitrogens is 2. The van der Waals surface area contributed by atoms with Crippen LogP contribution in [0.15, 0.2) is 59.5 Å². The maximum Gasteiger partial charge on any atom is 0.287 e. The van der Waals surface area contributed by atoms with E-state index in [9.17, 15) is 14.4 Å². The fraction of sp³-hybridized carbons (Fsp3) is 0.111. The lowest BCUT2D eigenvalue weighted by molar-refractivity contribution is -0.115. The molecule has 0 spiro atoms. The molecule has 0 aliphatic carbocycles. The first-order chi connectivity index (χ1) is 12.5. The van der Waals surface area contributed by atoms with Crippen LogP contribution in [0.3, 0.4) is 0 Å². The number of amides is 2. The van der Waals surface area contributed by atoms with Crippen LogP contribution in [0, 0.1) is 0 Å². The summed E-state index contributed by atoms with van der Waals surface area (Å²) in [5, 5.41) is 5.09. The average Bonchev–Trinajstić information content (AvgIpc) is 3.31. The number of furan rings is 1. The second kappa shape index (κ2) is 7.47.